The van der Waals surface area contributed by atoms with Crippen molar-refractivity contribution in [3.05, 3.63) is 41.6 Å². The number of carbonyl (C=O) groups excluding carboxylic acids is 1. The first-order valence-corrected chi connectivity index (χ1v) is 10.3. The zero-order valence-electron chi connectivity index (χ0n) is 16.9. The van der Waals surface area contributed by atoms with Gasteiger partial charge in [0.15, 0.2) is 5.69 Å². The number of piperidine rings is 1. The fraction of sp³-hybridized carbons (Fsp3) is 0.545. The quantitative estimate of drug-likeness (QED) is 0.816. The highest BCUT2D eigenvalue weighted by Gasteiger charge is 2.27. The molecule has 0 radical (unpaired) electrons. The van der Waals surface area contributed by atoms with Crippen LogP contribution in [-0.4, -0.2) is 71.4 Å². The molecule has 0 N–H and O–H groups in total. The standard InChI is InChI=1S/C22H30N4O2/c1-17-3-5-19(6-4-17)21-15-20(23-24(21)2)22(27)26-9-7-18(8-10-26)16-25-11-13-28-14-12-25/h3-6,15,18H,7-14,16H2,1-2H3. The molecule has 6 nitrogen and oxygen atoms in total. The van der Waals surface area contributed by atoms with E-state index in [0.717, 1.165) is 70.0 Å². The van der Waals surface area contributed by atoms with Crippen LogP contribution in [0.25, 0.3) is 11.3 Å². The summed E-state index contributed by atoms with van der Waals surface area (Å²) >= 11 is 0. The van der Waals surface area contributed by atoms with Crippen LogP contribution in [0.3, 0.4) is 0 Å². The van der Waals surface area contributed by atoms with Crippen LogP contribution in [0.4, 0.5) is 0 Å². The Kier molecular flexibility index (Phi) is 5.78. The molecule has 4 rings (SSSR count). The molecule has 0 bridgehead atoms. The van der Waals surface area contributed by atoms with Gasteiger partial charge >= 0.3 is 0 Å². The molecule has 0 unspecified atom stereocenters. The van der Waals surface area contributed by atoms with Crippen molar-refractivity contribution in [2.24, 2.45) is 13.0 Å². The highest BCUT2D eigenvalue weighted by molar-refractivity contribution is 5.93. The number of rotatable bonds is 4. The third-order valence-electron chi connectivity index (χ3n) is 5.97. The van der Waals surface area contributed by atoms with E-state index < -0.39 is 0 Å². The number of carbonyl (C=O) groups is 1. The van der Waals surface area contributed by atoms with Gasteiger partial charge in [0.1, 0.15) is 0 Å². The maximum atomic E-state index is 13.0. The molecule has 6 heteroatoms. The van der Waals surface area contributed by atoms with Gasteiger partial charge in [0.25, 0.3) is 5.91 Å². The van der Waals surface area contributed by atoms with Gasteiger partial charge in [-0.25, -0.2) is 0 Å². The van der Waals surface area contributed by atoms with Crippen molar-refractivity contribution < 1.29 is 9.53 Å². The van der Waals surface area contributed by atoms with E-state index in [2.05, 4.69) is 41.2 Å². The van der Waals surface area contributed by atoms with Gasteiger partial charge in [0, 0.05) is 39.8 Å². The van der Waals surface area contributed by atoms with E-state index in [1.54, 1.807) is 0 Å². The first-order chi connectivity index (χ1) is 13.6. The van der Waals surface area contributed by atoms with E-state index in [0.29, 0.717) is 11.6 Å². The molecule has 0 atom stereocenters. The highest BCUT2D eigenvalue weighted by Crippen LogP contribution is 2.23. The van der Waals surface area contributed by atoms with Gasteiger partial charge in [-0.1, -0.05) is 29.8 Å². The van der Waals surface area contributed by atoms with Crippen LogP contribution in [0.5, 0.6) is 0 Å². The summed E-state index contributed by atoms with van der Waals surface area (Å²) in [7, 11) is 1.90. The molecule has 0 spiro atoms. The van der Waals surface area contributed by atoms with Gasteiger partial charge in [0.05, 0.1) is 18.9 Å². The smallest absolute Gasteiger partial charge is 0.274 e. The molecule has 1 aromatic carbocycles. The number of aromatic nitrogens is 2. The average Bonchev–Trinajstić information content (AvgIpc) is 3.11. The van der Waals surface area contributed by atoms with E-state index in [1.807, 2.05) is 22.7 Å². The Labute approximate surface area is 167 Å². The summed E-state index contributed by atoms with van der Waals surface area (Å²) in [5.74, 6) is 0.729. The monoisotopic (exact) mass is 382 g/mol. The van der Waals surface area contributed by atoms with Gasteiger partial charge in [-0.05, 0) is 37.3 Å². The molecule has 1 aromatic heterocycles. The first kappa shape index (κ1) is 19.2. The number of nitrogens with zero attached hydrogens (tertiary/aromatic N) is 4. The molecule has 0 saturated carbocycles. The molecule has 2 aliphatic rings. The predicted octanol–water partition coefficient (Wildman–Crippen LogP) is 2.58. The maximum Gasteiger partial charge on any atom is 0.274 e. The average molecular weight is 383 g/mol. The predicted molar refractivity (Wildman–Crippen MR) is 109 cm³/mol. The zero-order chi connectivity index (χ0) is 19.5. The summed E-state index contributed by atoms with van der Waals surface area (Å²) in [6, 6.07) is 10.3. The van der Waals surface area contributed by atoms with Crippen molar-refractivity contribution >= 4 is 5.91 Å². The number of hydrogen-bond donors (Lipinski definition) is 0. The summed E-state index contributed by atoms with van der Waals surface area (Å²) < 4.78 is 7.24. The van der Waals surface area contributed by atoms with Crippen LogP contribution in [-0.2, 0) is 11.8 Å². The number of amides is 1. The van der Waals surface area contributed by atoms with Crippen LogP contribution in [0.15, 0.2) is 30.3 Å². The first-order valence-electron chi connectivity index (χ1n) is 10.3. The minimum Gasteiger partial charge on any atom is -0.379 e. The van der Waals surface area contributed by atoms with Gasteiger partial charge < -0.3 is 9.64 Å². The second-order valence-corrected chi connectivity index (χ2v) is 8.05. The molecule has 3 heterocycles. The third kappa shape index (κ3) is 4.28. The van der Waals surface area contributed by atoms with Crippen molar-refractivity contribution in [1.82, 2.24) is 19.6 Å². The van der Waals surface area contributed by atoms with Gasteiger partial charge in [-0.2, -0.15) is 5.10 Å². The van der Waals surface area contributed by atoms with Crippen molar-refractivity contribution in [2.75, 3.05) is 45.9 Å². The Bertz CT molecular complexity index is 800. The van der Waals surface area contributed by atoms with Crippen LogP contribution in [0.2, 0.25) is 0 Å². The summed E-state index contributed by atoms with van der Waals surface area (Å²) in [6.45, 7) is 8.62. The Hall–Kier alpha value is -2.18. The lowest BCUT2D eigenvalue weighted by Crippen LogP contribution is -2.44. The van der Waals surface area contributed by atoms with Gasteiger partial charge in [0.2, 0.25) is 0 Å². The molecule has 1 amide bonds. The number of morpholine rings is 1. The Morgan fingerprint density at radius 1 is 1.11 bits per heavy atom. The molecular weight excluding hydrogens is 352 g/mol. The zero-order valence-corrected chi connectivity index (χ0v) is 16.9. The third-order valence-corrected chi connectivity index (χ3v) is 5.97. The van der Waals surface area contributed by atoms with E-state index in [-0.39, 0.29) is 5.91 Å². The summed E-state index contributed by atoms with van der Waals surface area (Å²) in [5.41, 5.74) is 3.83. The number of hydrogen-bond acceptors (Lipinski definition) is 4. The normalized spacial score (nSPS) is 19.1. The highest BCUT2D eigenvalue weighted by atomic mass is 16.5. The summed E-state index contributed by atoms with van der Waals surface area (Å²) in [4.78, 5) is 17.4. The van der Waals surface area contributed by atoms with Crippen molar-refractivity contribution in [3.8, 4) is 11.3 Å². The van der Waals surface area contributed by atoms with E-state index in [4.69, 9.17) is 4.74 Å². The Morgan fingerprint density at radius 2 is 1.79 bits per heavy atom. The summed E-state index contributed by atoms with van der Waals surface area (Å²) in [5, 5.41) is 4.50. The van der Waals surface area contributed by atoms with Gasteiger partial charge in [-0.3, -0.25) is 14.4 Å². The SMILES string of the molecule is Cc1ccc(-c2cc(C(=O)N3CCC(CN4CCOCC4)CC3)nn2C)cc1. The lowest BCUT2D eigenvalue weighted by Gasteiger charge is -2.35. The number of benzene rings is 1. The minimum atomic E-state index is 0.0544. The van der Waals surface area contributed by atoms with E-state index >= 15 is 0 Å². The lowest BCUT2D eigenvalue weighted by atomic mass is 9.95. The molecule has 0 aliphatic carbocycles. The molecule has 2 saturated heterocycles. The molecule has 2 fully saturated rings. The number of likely N-dealkylation sites (tertiary alicyclic amines) is 1. The van der Waals surface area contributed by atoms with E-state index in [1.165, 1.54) is 5.56 Å². The van der Waals surface area contributed by atoms with Crippen LogP contribution < -0.4 is 0 Å². The Morgan fingerprint density at radius 3 is 2.46 bits per heavy atom. The molecular formula is C22H30N4O2. The van der Waals surface area contributed by atoms with E-state index in [9.17, 15) is 4.79 Å². The summed E-state index contributed by atoms with van der Waals surface area (Å²) in [6.07, 6.45) is 2.14. The van der Waals surface area contributed by atoms with Crippen LogP contribution in [0, 0.1) is 12.8 Å². The van der Waals surface area contributed by atoms with Crippen molar-refractivity contribution in [3.63, 3.8) is 0 Å². The lowest BCUT2D eigenvalue weighted by molar-refractivity contribution is 0.0242. The molecule has 28 heavy (non-hydrogen) atoms. The number of ether oxygens (including phenoxy) is 1. The van der Waals surface area contributed by atoms with Crippen molar-refractivity contribution in [2.45, 2.75) is 19.8 Å². The largest absolute Gasteiger partial charge is 0.379 e. The minimum absolute atomic E-state index is 0.0544. The fourth-order valence-corrected chi connectivity index (χ4v) is 4.20. The van der Waals surface area contributed by atoms with Crippen molar-refractivity contribution in [1.29, 1.82) is 0 Å². The Balaban J connectivity index is 1.36. The van der Waals surface area contributed by atoms with Gasteiger partial charge in [-0.15, -0.1) is 0 Å². The number of aryl methyl sites for hydroxylation is 2. The molecule has 2 aliphatic heterocycles. The molecule has 2 aromatic rings. The topological polar surface area (TPSA) is 50.6 Å². The second-order valence-electron chi connectivity index (χ2n) is 8.05. The molecule has 150 valence electrons. The van der Waals surface area contributed by atoms with Crippen LogP contribution >= 0.6 is 0 Å². The fourth-order valence-electron chi connectivity index (χ4n) is 4.20. The van der Waals surface area contributed by atoms with Crippen LogP contribution in [0.1, 0.15) is 28.9 Å². The second kappa shape index (κ2) is 8.45. The maximum absolute atomic E-state index is 13.0.